The van der Waals surface area contributed by atoms with E-state index in [1.165, 1.54) is 34.4 Å². The molecule has 2 aromatic carbocycles. The van der Waals surface area contributed by atoms with Gasteiger partial charge in [-0.3, -0.25) is 0 Å². The summed E-state index contributed by atoms with van der Waals surface area (Å²) >= 11 is 14.7. The molecule has 0 radical (unpaired) electrons. The van der Waals surface area contributed by atoms with Crippen molar-refractivity contribution >= 4 is 86.5 Å². The van der Waals surface area contributed by atoms with Crippen LogP contribution in [0.1, 0.15) is 12.8 Å². The van der Waals surface area contributed by atoms with Gasteiger partial charge in [0.05, 0.1) is 22.7 Å². The van der Waals surface area contributed by atoms with Crippen molar-refractivity contribution in [1.29, 1.82) is 0 Å². The molecule has 4 nitrogen and oxygen atoms in total. The largest absolute Gasteiger partial charge is 0.326 e. The lowest BCUT2D eigenvalue weighted by Gasteiger charge is -2.33. The molecule has 8 heteroatoms. The summed E-state index contributed by atoms with van der Waals surface area (Å²) in [6.45, 7) is 2.05. The third-order valence-electron chi connectivity index (χ3n) is 5.70. The monoisotopic (exact) mass is 630 g/mol. The summed E-state index contributed by atoms with van der Waals surface area (Å²) in [6, 6.07) is 8.87. The highest BCUT2D eigenvalue weighted by Gasteiger charge is 2.40. The van der Waals surface area contributed by atoms with E-state index in [0.29, 0.717) is 0 Å². The molecule has 0 fully saturated rings. The van der Waals surface area contributed by atoms with Crippen molar-refractivity contribution in [2.45, 2.75) is 12.8 Å². The van der Waals surface area contributed by atoms with Crippen LogP contribution in [0.5, 0.6) is 0 Å². The number of halogens is 4. The molecule has 0 amide bonds. The maximum atomic E-state index is 3.69. The maximum Gasteiger partial charge on any atom is 0.155 e. The Morgan fingerprint density at radius 1 is 0.571 bits per heavy atom. The number of anilines is 4. The van der Waals surface area contributed by atoms with Crippen LogP contribution in [-0.4, -0.2) is 27.2 Å². The second kappa shape index (κ2) is 6.93. The molecular formula is C20H18Br4N4. The summed E-state index contributed by atoms with van der Waals surface area (Å²) in [7, 11) is 4.34. The SMILES string of the molecule is CN1/C2=C3\N(C)c4cc(Br)c(Br)cc4N3CCCCN2c2cc(Br)c(Br)cc21. The number of fused-ring (bicyclic) bond motifs is 6. The van der Waals surface area contributed by atoms with Crippen molar-refractivity contribution < 1.29 is 0 Å². The first-order valence-electron chi connectivity index (χ1n) is 9.13. The number of nitrogens with zero attached hydrogens (tertiary/aromatic N) is 4. The fraction of sp³-hybridized carbons (Fsp3) is 0.300. The van der Waals surface area contributed by atoms with Crippen LogP contribution in [0.25, 0.3) is 0 Å². The van der Waals surface area contributed by atoms with Crippen LogP contribution in [0.2, 0.25) is 0 Å². The Hall–Kier alpha value is -0.700. The topological polar surface area (TPSA) is 13.0 Å². The summed E-state index contributed by atoms with van der Waals surface area (Å²) in [5, 5.41) is 0. The highest BCUT2D eigenvalue weighted by atomic mass is 79.9. The third-order valence-corrected chi connectivity index (χ3v) is 9.39. The molecule has 0 N–H and O–H groups in total. The van der Waals surface area contributed by atoms with Crippen LogP contribution in [0, 0.1) is 0 Å². The van der Waals surface area contributed by atoms with E-state index < -0.39 is 0 Å². The van der Waals surface area contributed by atoms with E-state index in [9.17, 15) is 0 Å². The molecule has 146 valence electrons. The Bertz CT molecular complexity index is 954. The standard InChI is InChI=1S/C20H18Br4N4/c1-25-15-7-11(21)13(23)9-17(15)27-5-3-4-6-28-18-10-14(24)12(22)8-16(18)26(2)20(28)19(25)27/h7-10H,3-6H2,1-2H3/b20-19-. The van der Waals surface area contributed by atoms with Crippen molar-refractivity contribution in [2.75, 3.05) is 46.8 Å². The predicted molar refractivity (Wildman–Crippen MR) is 131 cm³/mol. The molecule has 3 aliphatic rings. The van der Waals surface area contributed by atoms with Crippen LogP contribution in [0.4, 0.5) is 22.7 Å². The van der Waals surface area contributed by atoms with Gasteiger partial charge in [-0.1, -0.05) is 0 Å². The second-order valence-electron chi connectivity index (χ2n) is 7.29. The van der Waals surface area contributed by atoms with Crippen LogP contribution in [0.3, 0.4) is 0 Å². The van der Waals surface area contributed by atoms with Gasteiger partial charge in [-0.2, -0.15) is 0 Å². The van der Waals surface area contributed by atoms with Crippen LogP contribution in [-0.2, 0) is 0 Å². The first-order chi connectivity index (χ1) is 13.4. The molecule has 2 aromatic rings. The minimum absolute atomic E-state index is 1.02. The lowest BCUT2D eigenvalue weighted by Crippen LogP contribution is -2.39. The number of hydrogen-bond acceptors (Lipinski definition) is 4. The zero-order valence-corrected chi connectivity index (χ0v) is 21.8. The minimum Gasteiger partial charge on any atom is -0.326 e. The Morgan fingerprint density at radius 3 is 1.25 bits per heavy atom. The molecule has 0 aliphatic carbocycles. The molecular weight excluding hydrogens is 616 g/mol. The summed E-state index contributed by atoms with van der Waals surface area (Å²) in [4.78, 5) is 9.60. The molecule has 0 atom stereocenters. The van der Waals surface area contributed by atoms with E-state index in [2.05, 4.69) is 122 Å². The molecule has 0 saturated heterocycles. The normalized spacial score (nSPS) is 20.6. The minimum atomic E-state index is 1.02. The fourth-order valence-corrected chi connectivity index (χ4v) is 5.70. The Labute approximate surface area is 198 Å². The van der Waals surface area contributed by atoms with Gasteiger partial charge in [0, 0.05) is 45.1 Å². The van der Waals surface area contributed by atoms with Gasteiger partial charge in [-0.05, 0) is 101 Å². The van der Waals surface area contributed by atoms with Crippen molar-refractivity contribution in [1.82, 2.24) is 0 Å². The molecule has 28 heavy (non-hydrogen) atoms. The molecule has 0 bridgehead atoms. The predicted octanol–water partition coefficient (Wildman–Crippen LogP) is 6.87. The van der Waals surface area contributed by atoms with E-state index in [4.69, 9.17) is 0 Å². The average molecular weight is 634 g/mol. The molecule has 0 aromatic heterocycles. The molecule has 3 heterocycles. The van der Waals surface area contributed by atoms with Crippen molar-refractivity contribution in [2.24, 2.45) is 0 Å². The quantitative estimate of drug-likeness (QED) is 0.314. The van der Waals surface area contributed by atoms with Crippen LogP contribution >= 0.6 is 63.7 Å². The molecule has 5 rings (SSSR count). The van der Waals surface area contributed by atoms with Gasteiger partial charge in [0.2, 0.25) is 0 Å². The van der Waals surface area contributed by atoms with E-state index in [1.807, 2.05) is 0 Å². The number of hydrogen-bond donors (Lipinski definition) is 0. The van der Waals surface area contributed by atoms with Crippen LogP contribution < -0.4 is 19.6 Å². The first kappa shape index (κ1) is 19.3. The van der Waals surface area contributed by atoms with E-state index in [0.717, 1.165) is 43.8 Å². The van der Waals surface area contributed by atoms with Crippen molar-refractivity contribution in [3.05, 3.63) is 53.8 Å². The van der Waals surface area contributed by atoms with Crippen molar-refractivity contribution in [3.63, 3.8) is 0 Å². The lowest BCUT2D eigenvalue weighted by atomic mass is 10.2. The van der Waals surface area contributed by atoms with E-state index in [1.54, 1.807) is 0 Å². The zero-order valence-electron chi connectivity index (χ0n) is 15.4. The average Bonchev–Trinajstić information content (AvgIpc) is 3.02. The maximum absolute atomic E-state index is 3.69. The number of benzene rings is 2. The zero-order chi connectivity index (χ0) is 19.7. The lowest BCUT2D eigenvalue weighted by molar-refractivity contribution is 0.678. The summed E-state index contributed by atoms with van der Waals surface area (Å²) in [5.41, 5.74) is 4.97. The third kappa shape index (κ3) is 2.71. The Morgan fingerprint density at radius 2 is 0.893 bits per heavy atom. The first-order valence-corrected chi connectivity index (χ1v) is 12.3. The Balaban J connectivity index is 1.75. The van der Waals surface area contributed by atoms with Crippen LogP contribution in [0.15, 0.2) is 53.8 Å². The molecule has 0 unspecified atom stereocenters. The van der Waals surface area contributed by atoms with Gasteiger partial charge in [0.1, 0.15) is 0 Å². The molecule has 0 saturated carbocycles. The van der Waals surface area contributed by atoms with Gasteiger partial charge < -0.3 is 19.6 Å². The van der Waals surface area contributed by atoms with Gasteiger partial charge >= 0.3 is 0 Å². The highest BCUT2D eigenvalue weighted by Crippen LogP contribution is 2.51. The van der Waals surface area contributed by atoms with Gasteiger partial charge in [0.25, 0.3) is 0 Å². The molecule has 0 spiro atoms. The molecule has 3 aliphatic heterocycles. The highest BCUT2D eigenvalue weighted by molar-refractivity contribution is 9.13. The van der Waals surface area contributed by atoms with Gasteiger partial charge in [0.15, 0.2) is 11.6 Å². The van der Waals surface area contributed by atoms with E-state index in [-0.39, 0.29) is 0 Å². The summed E-state index contributed by atoms with van der Waals surface area (Å²) in [5.74, 6) is 2.48. The fourth-order valence-electron chi connectivity index (χ4n) is 4.37. The van der Waals surface area contributed by atoms with Gasteiger partial charge in [-0.15, -0.1) is 0 Å². The van der Waals surface area contributed by atoms with Gasteiger partial charge in [-0.25, -0.2) is 0 Å². The number of rotatable bonds is 0. The Kier molecular flexibility index (Phi) is 4.77. The summed E-state index contributed by atoms with van der Waals surface area (Å²) < 4.78 is 4.32. The smallest absolute Gasteiger partial charge is 0.155 e. The van der Waals surface area contributed by atoms with E-state index >= 15 is 0 Å². The second-order valence-corrected chi connectivity index (χ2v) is 10.7. The van der Waals surface area contributed by atoms with Crippen molar-refractivity contribution in [3.8, 4) is 0 Å². The summed E-state index contributed by atoms with van der Waals surface area (Å²) in [6.07, 6.45) is 2.32.